The largest absolute Gasteiger partial charge is 0.389 e. The Morgan fingerprint density at radius 3 is 2.33 bits per heavy atom. The maximum absolute atomic E-state index is 14.0. The van der Waals surface area contributed by atoms with Gasteiger partial charge in [-0.3, -0.25) is 0 Å². The molecule has 0 spiro atoms. The molecule has 0 bridgehead atoms. The summed E-state index contributed by atoms with van der Waals surface area (Å²) in [6, 6.07) is 1.85. The normalized spacial score (nSPS) is 12.2. The van der Waals surface area contributed by atoms with Crippen molar-refractivity contribution in [2.24, 2.45) is 5.73 Å². The summed E-state index contributed by atoms with van der Waals surface area (Å²) in [5, 5.41) is 6.62. The Balaban J connectivity index is 2.34. The van der Waals surface area contributed by atoms with Crippen LogP contribution in [-0.2, 0) is 0 Å². The Labute approximate surface area is 126 Å². The van der Waals surface area contributed by atoms with Crippen molar-refractivity contribution in [1.29, 1.82) is 0 Å². The van der Waals surface area contributed by atoms with E-state index in [1.54, 1.807) is 20.8 Å². The Hall–Kier alpha value is -2.02. The monoisotopic (exact) mass is 311 g/mol. The average molecular weight is 311 g/mol. The highest BCUT2D eigenvalue weighted by atomic mass is 32.1. The molecule has 0 saturated heterocycles. The predicted molar refractivity (Wildman–Crippen MR) is 80.3 cm³/mol. The fraction of sp³-hybridized carbons (Fsp3) is 0.286. The van der Waals surface area contributed by atoms with Gasteiger partial charge in [-0.2, -0.15) is 0 Å². The van der Waals surface area contributed by atoms with Crippen molar-refractivity contribution in [3.8, 4) is 0 Å². The van der Waals surface area contributed by atoms with Crippen LogP contribution in [0.5, 0.6) is 0 Å². The molecular formula is C14H15F2N3OS. The Morgan fingerprint density at radius 1 is 1.33 bits per heavy atom. The Bertz CT molecular complexity index is 657. The number of hydrogen-bond acceptors (Lipinski definition) is 4. The van der Waals surface area contributed by atoms with Gasteiger partial charge in [-0.15, -0.1) is 0 Å². The molecule has 2 aromatic rings. The molecule has 112 valence electrons. The number of anilines is 1. The quantitative estimate of drug-likeness (QED) is 0.848. The third-order valence-corrected chi connectivity index (χ3v) is 3.44. The number of aromatic nitrogens is 1. The first-order chi connectivity index (χ1) is 9.81. The molecule has 2 rings (SSSR count). The summed E-state index contributed by atoms with van der Waals surface area (Å²) in [7, 11) is 0. The minimum Gasteiger partial charge on any atom is -0.389 e. The van der Waals surface area contributed by atoms with Gasteiger partial charge in [0.15, 0.2) is 0 Å². The second-order valence-electron chi connectivity index (χ2n) is 4.78. The zero-order valence-electron chi connectivity index (χ0n) is 11.8. The number of nitrogens with two attached hydrogens (primary N) is 1. The van der Waals surface area contributed by atoms with E-state index in [0.29, 0.717) is 11.5 Å². The molecule has 0 aliphatic carbocycles. The van der Waals surface area contributed by atoms with Crippen LogP contribution in [0.2, 0.25) is 0 Å². The lowest BCUT2D eigenvalue weighted by atomic mass is 10.1. The van der Waals surface area contributed by atoms with Gasteiger partial charge in [-0.25, -0.2) is 8.78 Å². The van der Waals surface area contributed by atoms with E-state index < -0.39 is 11.6 Å². The molecule has 1 atom stereocenters. The number of rotatable bonds is 4. The molecule has 21 heavy (non-hydrogen) atoms. The lowest BCUT2D eigenvalue weighted by Gasteiger charge is -2.17. The molecule has 1 unspecified atom stereocenters. The summed E-state index contributed by atoms with van der Waals surface area (Å²) in [5.74, 6) is -0.902. The van der Waals surface area contributed by atoms with Crippen LogP contribution in [-0.4, -0.2) is 10.1 Å². The highest BCUT2D eigenvalue weighted by molar-refractivity contribution is 7.80. The van der Waals surface area contributed by atoms with E-state index in [9.17, 15) is 8.78 Å². The number of nitrogens with zero attached hydrogens (tertiary/aromatic N) is 1. The van der Waals surface area contributed by atoms with Gasteiger partial charge in [0.1, 0.15) is 28.1 Å². The van der Waals surface area contributed by atoms with Crippen LogP contribution in [0, 0.1) is 25.5 Å². The minimum absolute atomic E-state index is 0.0573. The first-order valence-electron chi connectivity index (χ1n) is 6.29. The van der Waals surface area contributed by atoms with Crippen LogP contribution < -0.4 is 11.1 Å². The summed E-state index contributed by atoms with van der Waals surface area (Å²) in [6.07, 6.45) is 0. The molecule has 0 amide bonds. The predicted octanol–water partition coefficient (Wildman–Crippen LogP) is 3.38. The summed E-state index contributed by atoms with van der Waals surface area (Å²) < 4.78 is 33.1. The van der Waals surface area contributed by atoms with Crippen molar-refractivity contribution in [2.45, 2.75) is 26.8 Å². The van der Waals surface area contributed by atoms with Crippen LogP contribution in [0.15, 0.2) is 16.7 Å². The smallest absolute Gasteiger partial charge is 0.150 e. The van der Waals surface area contributed by atoms with Crippen LogP contribution in [0.3, 0.4) is 0 Å². The summed E-state index contributed by atoms with van der Waals surface area (Å²) in [4.78, 5) is -0.0573. The molecule has 1 aromatic carbocycles. The third kappa shape index (κ3) is 3.02. The van der Waals surface area contributed by atoms with Crippen LogP contribution in [0.4, 0.5) is 14.5 Å². The lowest BCUT2D eigenvalue weighted by molar-refractivity contribution is 0.392. The van der Waals surface area contributed by atoms with Gasteiger partial charge >= 0.3 is 0 Å². The second-order valence-corrected chi connectivity index (χ2v) is 5.22. The van der Waals surface area contributed by atoms with Gasteiger partial charge in [-0.05, 0) is 32.9 Å². The van der Waals surface area contributed by atoms with E-state index in [-0.39, 0.29) is 22.3 Å². The Morgan fingerprint density at radius 2 is 1.90 bits per heavy atom. The van der Waals surface area contributed by atoms with E-state index in [2.05, 4.69) is 10.5 Å². The van der Waals surface area contributed by atoms with Gasteiger partial charge in [0.05, 0.1) is 11.7 Å². The number of thiocarbonyl (C=S) groups is 1. The molecule has 7 heteroatoms. The number of aryl methyl sites for hydroxylation is 2. The Kier molecular flexibility index (Phi) is 4.22. The maximum atomic E-state index is 14.0. The van der Waals surface area contributed by atoms with Gasteiger partial charge in [0.25, 0.3) is 0 Å². The number of halogens is 2. The number of hydrogen-bond donors (Lipinski definition) is 2. The van der Waals surface area contributed by atoms with Crippen molar-refractivity contribution in [3.63, 3.8) is 0 Å². The minimum atomic E-state index is -0.753. The average Bonchev–Trinajstić information content (AvgIpc) is 2.73. The summed E-state index contributed by atoms with van der Waals surface area (Å²) in [5.41, 5.74) is 6.74. The molecule has 0 radical (unpaired) electrons. The molecule has 0 saturated carbocycles. The number of benzene rings is 1. The van der Waals surface area contributed by atoms with Crippen molar-refractivity contribution >= 4 is 22.9 Å². The van der Waals surface area contributed by atoms with Crippen molar-refractivity contribution in [2.75, 3.05) is 5.32 Å². The second kappa shape index (κ2) is 5.77. The summed E-state index contributed by atoms with van der Waals surface area (Å²) in [6.45, 7) is 5.29. The van der Waals surface area contributed by atoms with E-state index in [0.717, 1.165) is 17.7 Å². The third-order valence-electron chi connectivity index (χ3n) is 3.21. The molecule has 0 aliphatic rings. The zero-order valence-corrected chi connectivity index (χ0v) is 12.6. The standard InChI is InChI=1S/C14H15F2N3OS/c1-6(12-7(2)19-20-8(12)3)18-13-10(15)4-9(14(17)21)5-11(13)16/h4-6,18H,1-3H3,(H2,17,21). The summed E-state index contributed by atoms with van der Waals surface area (Å²) >= 11 is 4.71. The first-order valence-corrected chi connectivity index (χ1v) is 6.70. The SMILES string of the molecule is Cc1noc(C)c1C(C)Nc1c(F)cc(C(N)=S)cc1F. The molecule has 4 nitrogen and oxygen atoms in total. The molecular weight excluding hydrogens is 296 g/mol. The van der Waals surface area contributed by atoms with Crippen molar-refractivity contribution in [1.82, 2.24) is 5.16 Å². The topological polar surface area (TPSA) is 64.1 Å². The molecule has 1 heterocycles. The fourth-order valence-electron chi connectivity index (χ4n) is 2.25. The van der Waals surface area contributed by atoms with Gasteiger partial charge in [0, 0.05) is 11.1 Å². The molecule has 1 aromatic heterocycles. The zero-order chi connectivity index (χ0) is 15.7. The van der Waals surface area contributed by atoms with Crippen LogP contribution in [0.1, 0.15) is 35.5 Å². The van der Waals surface area contributed by atoms with E-state index in [1.807, 2.05) is 0 Å². The fourth-order valence-corrected chi connectivity index (χ4v) is 2.37. The van der Waals surface area contributed by atoms with Gasteiger partial charge < -0.3 is 15.6 Å². The van der Waals surface area contributed by atoms with E-state index in [1.165, 1.54) is 0 Å². The van der Waals surface area contributed by atoms with E-state index in [4.69, 9.17) is 22.5 Å². The molecule has 0 fully saturated rings. The van der Waals surface area contributed by atoms with E-state index >= 15 is 0 Å². The van der Waals surface area contributed by atoms with Crippen molar-refractivity contribution < 1.29 is 13.3 Å². The highest BCUT2D eigenvalue weighted by Gasteiger charge is 2.20. The van der Waals surface area contributed by atoms with Crippen LogP contribution >= 0.6 is 12.2 Å². The van der Waals surface area contributed by atoms with Gasteiger partial charge in [-0.1, -0.05) is 17.4 Å². The first kappa shape index (κ1) is 15.4. The van der Waals surface area contributed by atoms with Crippen molar-refractivity contribution in [3.05, 3.63) is 46.3 Å². The number of nitrogens with one attached hydrogen (secondary N) is 1. The van der Waals surface area contributed by atoms with Crippen LogP contribution in [0.25, 0.3) is 0 Å². The maximum Gasteiger partial charge on any atom is 0.150 e. The highest BCUT2D eigenvalue weighted by Crippen LogP contribution is 2.28. The molecule has 3 N–H and O–H groups in total. The lowest BCUT2D eigenvalue weighted by Crippen LogP contribution is -2.14. The van der Waals surface area contributed by atoms with Gasteiger partial charge in [0.2, 0.25) is 0 Å². The molecule has 0 aliphatic heterocycles.